The van der Waals surface area contributed by atoms with Crippen molar-refractivity contribution in [1.82, 2.24) is 0 Å². The van der Waals surface area contributed by atoms with E-state index in [0.717, 1.165) is 29.8 Å². The molecular formula is C22H23NO6. The number of ether oxygens (including phenoxy) is 3. The Balaban J connectivity index is 1.50. The molecule has 0 saturated heterocycles. The highest BCUT2D eigenvalue weighted by atomic mass is 16.6. The quantitative estimate of drug-likeness (QED) is 0.528. The molecule has 0 aromatic heterocycles. The molecule has 29 heavy (non-hydrogen) atoms. The van der Waals surface area contributed by atoms with Crippen molar-refractivity contribution in [3.05, 3.63) is 53.6 Å². The largest absolute Gasteiger partial charge is 0.497 e. The Hall–Kier alpha value is -3.35. The monoisotopic (exact) mass is 397 g/mol. The van der Waals surface area contributed by atoms with E-state index in [-0.39, 0.29) is 24.9 Å². The number of hydrogen-bond donors (Lipinski definition) is 0. The van der Waals surface area contributed by atoms with Crippen molar-refractivity contribution in [2.24, 2.45) is 0 Å². The van der Waals surface area contributed by atoms with Crippen LogP contribution in [0.1, 0.15) is 29.3 Å². The number of amides is 1. The molecule has 0 aliphatic carbocycles. The van der Waals surface area contributed by atoms with Crippen LogP contribution in [0, 0.1) is 0 Å². The van der Waals surface area contributed by atoms with Crippen molar-refractivity contribution in [1.29, 1.82) is 0 Å². The Bertz CT molecular complexity index is 906. The number of carbonyl (C=O) groups excluding carboxylic acids is 3. The van der Waals surface area contributed by atoms with Gasteiger partial charge in [0, 0.05) is 17.8 Å². The lowest BCUT2D eigenvalue weighted by Crippen LogP contribution is -2.38. The molecular weight excluding hydrogens is 374 g/mol. The number of nitrogens with zero attached hydrogens (tertiary/aromatic N) is 1. The van der Waals surface area contributed by atoms with Gasteiger partial charge in [-0.25, -0.2) is 4.79 Å². The lowest BCUT2D eigenvalue weighted by molar-refractivity contribution is -0.149. The molecule has 7 nitrogen and oxygen atoms in total. The molecule has 3 rings (SSSR count). The number of methoxy groups -OCH3 is 1. The summed E-state index contributed by atoms with van der Waals surface area (Å²) < 4.78 is 15.6. The van der Waals surface area contributed by atoms with E-state index in [4.69, 9.17) is 14.2 Å². The van der Waals surface area contributed by atoms with Gasteiger partial charge in [-0.05, 0) is 67.8 Å². The molecule has 1 aliphatic heterocycles. The molecule has 0 N–H and O–H groups in total. The second-order valence-corrected chi connectivity index (χ2v) is 6.67. The predicted octanol–water partition coefficient (Wildman–Crippen LogP) is 2.80. The predicted molar refractivity (Wildman–Crippen MR) is 107 cm³/mol. The van der Waals surface area contributed by atoms with Crippen LogP contribution in [0.3, 0.4) is 0 Å². The van der Waals surface area contributed by atoms with Crippen molar-refractivity contribution in [2.75, 3.05) is 31.8 Å². The molecule has 0 atom stereocenters. The van der Waals surface area contributed by atoms with Gasteiger partial charge in [-0.2, -0.15) is 0 Å². The second kappa shape index (κ2) is 9.23. The van der Waals surface area contributed by atoms with E-state index in [1.807, 2.05) is 18.2 Å². The minimum atomic E-state index is -0.638. The third-order valence-corrected chi connectivity index (χ3v) is 4.68. The standard InChI is InChI=1S/C22H23NO6/c1-15(24)16-5-7-18(8-6-16)28-14-22(26)29-13-21(25)23-11-3-4-17-12-19(27-2)9-10-20(17)23/h5-10,12H,3-4,11,13-14H2,1-2H3. The van der Waals surface area contributed by atoms with Crippen LogP contribution in [0.5, 0.6) is 11.5 Å². The number of aryl methyl sites for hydroxylation is 1. The van der Waals surface area contributed by atoms with E-state index in [9.17, 15) is 14.4 Å². The molecule has 1 aliphatic rings. The first-order valence-corrected chi connectivity index (χ1v) is 9.34. The Morgan fingerprint density at radius 3 is 2.41 bits per heavy atom. The minimum Gasteiger partial charge on any atom is -0.497 e. The van der Waals surface area contributed by atoms with Gasteiger partial charge in [0.05, 0.1) is 7.11 Å². The lowest BCUT2D eigenvalue weighted by Gasteiger charge is -2.29. The Morgan fingerprint density at radius 2 is 1.72 bits per heavy atom. The summed E-state index contributed by atoms with van der Waals surface area (Å²) in [7, 11) is 1.60. The number of fused-ring (bicyclic) bond motifs is 1. The molecule has 0 fully saturated rings. The smallest absolute Gasteiger partial charge is 0.344 e. The Morgan fingerprint density at radius 1 is 1.00 bits per heavy atom. The van der Waals surface area contributed by atoms with Gasteiger partial charge in [0.15, 0.2) is 19.0 Å². The molecule has 0 unspecified atom stereocenters. The van der Waals surface area contributed by atoms with Crippen LogP contribution in [0.25, 0.3) is 0 Å². The molecule has 2 aromatic rings. The Kier molecular flexibility index (Phi) is 6.49. The van der Waals surface area contributed by atoms with Gasteiger partial charge >= 0.3 is 5.97 Å². The molecule has 1 heterocycles. The topological polar surface area (TPSA) is 82.1 Å². The van der Waals surface area contributed by atoms with E-state index in [1.54, 1.807) is 36.3 Å². The number of carbonyl (C=O) groups is 3. The van der Waals surface area contributed by atoms with Gasteiger partial charge in [0.1, 0.15) is 11.5 Å². The number of hydrogen-bond acceptors (Lipinski definition) is 6. The summed E-state index contributed by atoms with van der Waals surface area (Å²) >= 11 is 0. The van der Waals surface area contributed by atoms with Gasteiger partial charge in [0.2, 0.25) is 0 Å². The number of ketones is 1. The van der Waals surface area contributed by atoms with Crippen molar-refractivity contribution in [3.63, 3.8) is 0 Å². The van der Waals surface area contributed by atoms with Gasteiger partial charge in [-0.1, -0.05) is 0 Å². The number of Topliss-reactive ketones (excluding diaryl/α,β-unsaturated/α-hetero) is 1. The van der Waals surface area contributed by atoms with E-state index in [1.165, 1.54) is 6.92 Å². The van der Waals surface area contributed by atoms with Crippen LogP contribution < -0.4 is 14.4 Å². The van der Waals surface area contributed by atoms with E-state index in [0.29, 0.717) is 17.9 Å². The molecule has 2 aromatic carbocycles. The summed E-state index contributed by atoms with van der Waals surface area (Å²) in [5.74, 6) is 0.221. The number of esters is 1. The molecule has 0 spiro atoms. The summed E-state index contributed by atoms with van der Waals surface area (Å²) in [6.45, 7) is 1.38. The molecule has 0 saturated carbocycles. The summed E-state index contributed by atoms with van der Waals surface area (Å²) in [5.41, 5.74) is 2.41. The van der Waals surface area contributed by atoms with Gasteiger partial charge in [-0.15, -0.1) is 0 Å². The van der Waals surface area contributed by atoms with E-state index in [2.05, 4.69) is 0 Å². The van der Waals surface area contributed by atoms with Crippen molar-refractivity contribution < 1.29 is 28.6 Å². The summed E-state index contributed by atoms with van der Waals surface area (Å²) in [6, 6.07) is 12.0. The van der Waals surface area contributed by atoms with Crippen LogP contribution >= 0.6 is 0 Å². The number of rotatable bonds is 7. The fraction of sp³-hybridized carbons (Fsp3) is 0.318. The van der Waals surface area contributed by atoms with Gasteiger partial charge < -0.3 is 19.1 Å². The highest BCUT2D eigenvalue weighted by Gasteiger charge is 2.24. The van der Waals surface area contributed by atoms with Crippen LogP contribution in [0.2, 0.25) is 0 Å². The van der Waals surface area contributed by atoms with Crippen molar-refractivity contribution in [2.45, 2.75) is 19.8 Å². The minimum absolute atomic E-state index is 0.0489. The zero-order chi connectivity index (χ0) is 20.8. The molecule has 1 amide bonds. The maximum absolute atomic E-state index is 12.5. The summed E-state index contributed by atoms with van der Waals surface area (Å²) in [4.78, 5) is 37.3. The zero-order valence-electron chi connectivity index (χ0n) is 16.5. The second-order valence-electron chi connectivity index (χ2n) is 6.67. The normalized spacial score (nSPS) is 12.7. The number of benzene rings is 2. The first-order chi connectivity index (χ1) is 14.0. The molecule has 152 valence electrons. The van der Waals surface area contributed by atoms with E-state index >= 15 is 0 Å². The number of anilines is 1. The lowest BCUT2D eigenvalue weighted by atomic mass is 10.0. The average Bonchev–Trinajstić information content (AvgIpc) is 2.75. The highest BCUT2D eigenvalue weighted by Crippen LogP contribution is 2.30. The van der Waals surface area contributed by atoms with Gasteiger partial charge in [-0.3, -0.25) is 9.59 Å². The first kappa shape index (κ1) is 20.4. The third kappa shape index (κ3) is 5.13. The average molecular weight is 397 g/mol. The summed E-state index contributed by atoms with van der Waals surface area (Å²) in [6.07, 6.45) is 1.70. The first-order valence-electron chi connectivity index (χ1n) is 9.34. The molecule has 0 radical (unpaired) electrons. The van der Waals surface area contributed by atoms with Crippen LogP contribution in [-0.4, -0.2) is 44.5 Å². The maximum Gasteiger partial charge on any atom is 0.344 e. The van der Waals surface area contributed by atoms with Crippen LogP contribution in [0.4, 0.5) is 5.69 Å². The maximum atomic E-state index is 12.5. The van der Waals surface area contributed by atoms with Crippen LogP contribution in [0.15, 0.2) is 42.5 Å². The van der Waals surface area contributed by atoms with Crippen LogP contribution in [-0.2, 0) is 20.7 Å². The fourth-order valence-corrected chi connectivity index (χ4v) is 3.15. The molecule has 0 bridgehead atoms. The Labute approximate surface area is 169 Å². The van der Waals surface area contributed by atoms with Crippen molar-refractivity contribution >= 4 is 23.3 Å². The van der Waals surface area contributed by atoms with E-state index < -0.39 is 5.97 Å². The zero-order valence-corrected chi connectivity index (χ0v) is 16.5. The SMILES string of the molecule is COc1ccc2c(c1)CCCN2C(=O)COC(=O)COc1ccc(C(C)=O)cc1. The van der Waals surface area contributed by atoms with Crippen molar-refractivity contribution in [3.8, 4) is 11.5 Å². The fourth-order valence-electron chi connectivity index (χ4n) is 3.15. The summed E-state index contributed by atoms with van der Waals surface area (Å²) in [5, 5.41) is 0. The van der Waals surface area contributed by atoms with Gasteiger partial charge in [0.25, 0.3) is 5.91 Å². The third-order valence-electron chi connectivity index (χ3n) is 4.68. The molecule has 7 heteroatoms. The highest BCUT2D eigenvalue weighted by molar-refractivity contribution is 5.96.